The number of nitrogens with one attached hydrogen (secondary N) is 1. The van der Waals surface area contributed by atoms with Gasteiger partial charge in [-0.2, -0.15) is 0 Å². The highest BCUT2D eigenvalue weighted by Gasteiger charge is 2.10. The van der Waals surface area contributed by atoms with E-state index in [2.05, 4.69) is 24.1 Å². The van der Waals surface area contributed by atoms with E-state index in [0.717, 1.165) is 19.3 Å². The van der Waals surface area contributed by atoms with Crippen LogP contribution in [-0.2, 0) is 0 Å². The molecule has 19 heavy (non-hydrogen) atoms. The molecule has 1 rings (SSSR count). The number of amides is 1. The molecule has 0 heterocycles. The Balaban J connectivity index is 2.78. The fraction of sp³-hybridized carbons (Fsp3) is 0.400. The Hall–Kier alpha value is -1.86. The van der Waals surface area contributed by atoms with Crippen LogP contribution >= 0.6 is 0 Å². The van der Waals surface area contributed by atoms with Crippen molar-refractivity contribution in [3.63, 3.8) is 0 Å². The number of benzene rings is 1. The van der Waals surface area contributed by atoms with E-state index in [1.165, 1.54) is 18.2 Å². The number of hydrogen-bond donors (Lipinski definition) is 2. The minimum absolute atomic E-state index is 0.265. The first-order valence-corrected chi connectivity index (χ1v) is 6.36. The lowest BCUT2D eigenvalue weighted by atomic mass is 10.1. The van der Waals surface area contributed by atoms with Crippen molar-refractivity contribution in [2.75, 3.05) is 13.2 Å². The van der Waals surface area contributed by atoms with E-state index in [-0.39, 0.29) is 12.5 Å². The largest absolute Gasteiger partial charge is 0.384 e. The van der Waals surface area contributed by atoms with E-state index < -0.39 is 5.82 Å². The zero-order valence-corrected chi connectivity index (χ0v) is 11.0. The van der Waals surface area contributed by atoms with E-state index in [1.54, 1.807) is 0 Å². The molecule has 0 fully saturated rings. The van der Waals surface area contributed by atoms with Gasteiger partial charge in [-0.05, 0) is 24.6 Å². The zero-order valence-electron chi connectivity index (χ0n) is 11.0. The van der Waals surface area contributed by atoms with Crippen LogP contribution in [0.4, 0.5) is 4.39 Å². The SMILES string of the molecule is CCCCCNC(=O)c1ccc(F)cc1C#CCO. The highest BCUT2D eigenvalue weighted by Crippen LogP contribution is 2.10. The second kappa shape index (κ2) is 8.28. The third kappa shape index (κ3) is 5.11. The van der Waals surface area contributed by atoms with Crippen molar-refractivity contribution in [3.05, 3.63) is 35.1 Å². The molecule has 0 unspecified atom stereocenters. The third-order valence-electron chi connectivity index (χ3n) is 2.59. The third-order valence-corrected chi connectivity index (χ3v) is 2.59. The van der Waals surface area contributed by atoms with Gasteiger partial charge in [0.1, 0.15) is 12.4 Å². The van der Waals surface area contributed by atoms with Crippen molar-refractivity contribution in [2.45, 2.75) is 26.2 Å². The van der Waals surface area contributed by atoms with Crippen LogP contribution in [0.25, 0.3) is 0 Å². The molecule has 1 aromatic rings. The van der Waals surface area contributed by atoms with Gasteiger partial charge in [0.15, 0.2) is 0 Å². The average Bonchev–Trinajstić information content (AvgIpc) is 2.41. The van der Waals surface area contributed by atoms with Gasteiger partial charge in [0, 0.05) is 12.1 Å². The Bertz CT molecular complexity index is 489. The molecule has 0 saturated carbocycles. The predicted octanol–water partition coefficient (Wildman–Crippen LogP) is 2.09. The van der Waals surface area contributed by atoms with Crippen LogP contribution < -0.4 is 5.32 Å². The smallest absolute Gasteiger partial charge is 0.252 e. The van der Waals surface area contributed by atoms with E-state index >= 15 is 0 Å². The highest BCUT2D eigenvalue weighted by atomic mass is 19.1. The maximum Gasteiger partial charge on any atom is 0.252 e. The Morgan fingerprint density at radius 2 is 2.21 bits per heavy atom. The van der Waals surface area contributed by atoms with Crippen molar-refractivity contribution >= 4 is 5.91 Å². The van der Waals surface area contributed by atoms with Gasteiger partial charge in [0.25, 0.3) is 5.91 Å². The van der Waals surface area contributed by atoms with Crippen LogP contribution in [0.15, 0.2) is 18.2 Å². The predicted molar refractivity (Wildman–Crippen MR) is 72.2 cm³/mol. The van der Waals surface area contributed by atoms with Gasteiger partial charge in [-0.3, -0.25) is 4.79 Å². The van der Waals surface area contributed by atoms with Crippen LogP contribution in [0.5, 0.6) is 0 Å². The number of carbonyl (C=O) groups is 1. The Labute approximate surface area is 112 Å². The molecule has 0 bridgehead atoms. The van der Waals surface area contributed by atoms with Crippen molar-refractivity contribution < 1.29 is 14.3 Å². The van der Waals surface area contributed by atoms with Gasteiger partial charge in [0.2, 0.25) is 0 Å². The molecule has 0 spiro atoms. The molecule has 0 aliphatic heterocycles. The van der Waals surface area contributed by atoms with Gasteiger partial charge >= 0.3 is 0 Å². The van der Waals surface area contributed by atoms with E-state index in [0.29, 0.717) is 17.7 Å². The van der Waals surface area contributed by atoms with E-state index in [9.17, 15) is 9.18 Å². The molecule has 0 aromatic heterocycles. The van der Waals surface area contributed by atoms with Crippen molar-refractivity contribution in [3.8, 4) is 11.8 Å². The molecular formula is C15H18FNO2. The Morgan fingerprint density at radius 3 is 2.89 bits per heavy atom. The summed E-state index contributed by atoms with van der Waals surface area (Å²) in [4.78, 5) is 11.9. The maximum atomic E-state index is 13.1. The Kier molecular flexibility index (Phi) is 6.62. The van der Waals surface area contributed by atoms with Gasteiger partial charge < -0.3 is 10.4 Å². The number of halogens is 1. The highest BCUT2D eigenvalue weighted by molar-refractivity contribution is 5.96. The fourth-order valence-electron chi connectivity index (χ4n) is 1.62. The first-order valence-electron chi connectivity index (χ1n) is 6.36. The van der Waals surface area contributed by atoms with Crippen LogP contribution in [0.3, 0.4) is 0 Å². The summed E-state index contributed by atoms with van der Waals surface area (Å²) in [6, 6.07) is 3.83. The van der Waals surface area contributed by atoms with E-state index in [1.807, 2.05) is 0 Å². The van der Waals surface area contributed by atoms with Gasteiger partial charge in [0.05, 0.1) is 5.56 Å². The normalized spacial score (nSPS) is 9.63. The average molecular weight is 263 g/mol. The summed E-state index contributed by atoms with van der Waals surface area (Å²) < 4.78 is 13.1. The van der Waals surface area contributed by atoms with Crippen LogP contribution in [0, 0.1) is 17.7 Å². The number of rotatable bonds is 5. The second-order valence-corrected chi connectivity index (χ2v) is 4.11. The molecule has 1 aromatic carbocycles. The maximum absolute atomic E-state index is 13.1. The minimum atomic E-state index is -0.454. The number of carbonyl (C=O) groups excluding carboxylic acids is 1. The summed E-state index contributed by atoms with van der Waals surface area (Å²) in [6.07, 6.45) is 3.06. The molecule has 0 saturated heterocycles. The molecule has 102 valence electrons. The summed E-state index contributed by atoms with van der Waals surface area (Å²) >= 11 is 0. The van der Waals surface area contributed by atoms with Crippen molar-refractivity contribution in [1.29, 1.82) is 0 Å². The summed E-state index contributed by atoms with van der Waals surface area (Å²) in [5.41, 5.74) is 0.626. The topological polar surface area (TPSA) is 49.3 Å². The van der Waals surface area contributed by atoms with Gasteiger partial charge in [-0.25, -0.2) is 4.39 Å². The van der Waals surface area contributed by atoms with Crippen LogP contribution in [0.2, 0.25) is 0 Å². The monoisotopic (exact) mass is 263 g/mol. The zero-order chi connectivity index (χ0) is 14.1. The molecule has 0 aliphatic rings. The van der Waals surface area contributed by atoms with Gasteiger partial charge in [-0.1, -0.05) is 31.6 Å². The molecule has 2 N–H and O–H groups in total. The summed E-state index contributed by atoms with van der Waals surface area (Å²) in [5, 5.41) is 11.4. The summed E-state index contributed by atoms with van der Waals surface area (Å²) in [5.74, 6) is 4.29. The lowest BCUT2D eigenvalue weighted by Gasteiger charge is -2.06. The molecule has 0 radical (unpaired) electrons. The Morgan fingerprint density at radius 1 is 1.42 bits per heavy atom. The number of hydrogen-bond acceptors (Lipinski definition) is 2. The van der Waals surface area contributed by atoms with Crippen molar-refractivity contribution in [2.24, 2.45) is 0 Å². The molecular weight excluding hydrogens is 245 g/mol. The minimum Gasteiger partial charge on any atom is -0.384 e. The summed E-state index contributed by atoms with van der Waals surface area (Å²) in [6.45, 7) is 2.36. The van der Waals surface area contributed by atoms with Crippen LogP contribution in [-0.4, -0.2) is 24.2 Å². The molecule has 0 atom stereocenters. The van der Waals surface area contributed by atoms with E-state index in [4.69, 9.17) is 5.11 Å². The second-order valence-electron chi connectivity index (χ2n) is 4.11. The molecule has 4 heteroatoms. The summed E-state index contributed by atoms with van der Waals surface area (Å²) in [7, 11) is 0. The standard InChI is InChI=1S/C15H18FNO2/c1-2-3-4-9-17-15(19)14-8-7-13(16)11-12(14)6-5-10-18/h7-8,11,18H,2-4,9-10H2,1H3,(H,17,19). The number of unbranched alkanes of at least 4 members (excludes halogenated alkanes) is 2. The van der Waals surface area contributed by atoms with Gasteiger partial charge in [-0.15, -0.1) is 0 Å². The van der Waals surface area contributed by atoms with Crippen molar-refractivity contribution in [1.82, 2.24) is 5.32 Å². The first-order chi connectivity index (χ1) is 9.19. The molecule has 1 amide bonds. The number of aliphatic hydroxyl groups excluding tert-OH is 1. The first kappa shape index (κ1) is 15.2. The molecule has 3 nitrogen and oxygen atoms in total. The fourth-order valence-corrected chi connectivity index (χ4v) is 1.62. The lowest BCUT2D eigenvalue weighted by molar-refractivity contribution is 0.0952. The quantitative estimate of drug-likeness (QED) is 0.631. The number of aliphatic hydroxyl groups is 1. The van der Waals surface area contributed by atoms with Crippen LogP contribution in [0.1, 0.15) is 42.1 Å². The molecule has 0 aliphatic carbocycles. The lowest BCUT2D eigenvalue weighted by Crippen LogP contribution is -2.25.